The zero-order valence-electron chi connectivity index (χ0n) is 13.9. The smallest absolute Gasteiger partial charge is 0.257 e. The summed E-state index contributed by atoms with van der Waals surface area (Å²) in [4.78, 5) is 25.4. The van der Waals surface area contributed by atoms with Crippen molar-refractivity contribution in [1.82, 2.24) is 5.32 Å². The third kappa shape index (κ3) is 4.77. The summed E-state index contributed by atoms with van der Waals surface area (Å²) in [6.07, 6.45) is 3.08. The van der Waals surface area contributed by atoms with Crippen molar-refractivity contribution in [3.63, 3.8) is 0 Å². The van der Waals surface area contributed by atoms with E-state index in [1.165, 1.54) is 0 Å². The molecule has 0 aliphatic carbocycles. The number of hydrogen-bond donors (Lipinski definition) is 2. The van der Waals surface area contributed by atoms with Gasteiger partial charge in [0, 0.05) is 30.5 Å². The van der Waals surface area contributed by atoms with Gasteiger partial charge >= 0.3 is 0 Å². The maximum Gasteiger partial charge on any atom is 0.257 e. The van der Waals surface area contributed by atoms with E-state index < -0.39 is 10.7 Å². The van der Waals surface area contributed by atoms with Gasteiger partial charge in [-0.2, -0.15) is 0 Å². The number of benzene rings is 1. The van der Waals surface area contributed by atoms with Crippen molar-refractivity contribution in [2.24, 2.45) is 0 Å². The Morgan fingerprint density at radius 1 is 1.25 bits per heavy atom. The van der Waals surface area contributed by atoms with E-state index in [1.807, 2.05) is 19.9 Å². The van der Waals surface area contributed by atoms with Gasteiger partial charge in [0.05, 0.1) is 5.56 Å². The molecule has 1 heterocycles. The fourth-order valence-corrected chi connectivity index (χ4v) is 2.74. The summed E-state index contributed by atoms with van der Waals surface area (Å²) in [5.41, 5.74) is 1.94. The SMILES string of the molecule is CC[C@@H](C)NC(=O)c1cc(NC(=O)C(Cl)Cl)ccc1N1CCCC1. The normalized spacial score (nSPS) is 15.5. The number of rotatable bonds is 6. The molecule has 2 amide bonds. The average Bonchev–Trinajstić information content (AvgIpc) is 3.08. The molecule has 0 aromatic heterocycles. The Morgan fingerprint density at radius 2 is 1.92 bits per heavy atom. The van der Waals surface area contributed by atoms with Gasteiger partial charge in [-0.3, -0.25) is 9.59 Å². The molecule has 24 heavy (non-hydrogen) atoms. The third-order valence-corrected chi connectivity index (χ3v) is 4.54. The summed E-state index contributed by atoms with van der Waals surface area (Å²) >= 11 is 11.1. The molecule has 0 unspecified atom stereocenters. The lowest BCUT2D eigenvalue weighted by Crippen LogP contribution is -2.33. The Hall–Kier alpha value is -1.46. The number of carbonyl (C=O) groups excluding carboxylic acids is 2. The highest BCUT2D eigenvalue weighted by Gasteiger charge is 2.21. The zero-order valence-corrected chi connectivity index (χ0v) is 15.5. The minimum absolute atomic E-state index is 0.0808. The molecule has 1 aliphatic rings. The van der Waals surface area contributed by atoms with Crippen molar-refractivity contribution in [2.45, 2.75) is 44.0 Å². The lowest BCUT2D eigenvalue weighted by Gasteiger charge is -2.23. The van der Waals surface area contributed by atoms with E-state index in [0.29, 0.717) is 11.3 Å². The molecule has 2 N–H and O–H groups in total. The minimum atomic E-state index is -1.15. The van der Waals surface area contributed by atoms with Crippen LogP contribution in [0.1, 0.15) is 43.5 Å². The van der Waals surface area contributed by atoms with Crippen LogP contribution >= 0.6 is 23.2 Å². The van der Waals surface area contributed by atoms with Gasteiger partial charge in [0.25, 0.3) is 11.8 Å². The van der Waals surface area contributed by atoms with E-state index in [2.05, 4.69) is 15.5 Å². The first kappa shape index (κ1) is 18.9. The van der Waals surface area contributed by atoms with Crippen LogP contribution < -0.4 is 15.5 Å². The minimum Gasteiger partial charge on any atom is -0.371 e. The Kier molecular flexibility index (Phi) is 6.75. The van der Waals surface area contributed by atoms with Crippen molar-refractivity contribution in [3.8, 4) is 0 Å². The van der Waals surface area contributed by atoms with Gasteiger partial charge in [0.15, 0.2) is 4.84 Å². The van der Waals surface area contributed by atoms with Crippen LogP contribution in [0.4, 0.5) is 11.4 Å². The Morgan fingerprint density at radius 3 is 2.50 bits per heavy atom. The van der Waals surface area contributed by atoms with Gasteiger partial charge in [-0.25, -0.2) is 0 Å². The summed E-state index contributed by atoms with van der Waals surface area (Å²) in [6.45, 7) is 5.84. The number of halogens is 2. The molecule has 1 aliphatic heterocycles. The van der Waals surface area contributed by atoms with E-state index in [1.54, 1.807) is 12.1 Å². The summed E-state index contributed by atoms with van der Waals surface area (Å²) in [5.74, 6) is -0.656. The van der Waals surface area contributed by atoms with Crippen molar-refractivity contribution in [1.29, 1.82) is 0 Å². The number of alkyl halides is 2. The molecule has 5 nitrogen and oxygen atoms in total. The fourth-order valence-electron chi connectivity index (χ4n) is 2.63. The standard InChI is InChI=1S/C17H23Cl2N3O2/c1-3-11(2)20-16(23)13-10-12(21-17(24)15(18)19)6-7-14(13)22-8-4-5-9-22/h6-7,10-11,15H,3-5,8-9H2,1-2H3,(H,20,23)(H,21,24)/t11-/m1/s1. The highest BCUT2D eigenvalue weighted by Crippen LogP contribution is 2.28. The number of anilines is 2. The predicted octanol–water partition coefficient (Wildman–Crippen LogP) is 3.56. The van der Waals surface area contributed by atoms with Gasteiger partial charge in [-0.05, 0) is 44.4 Å². The highest BCUT2D eigenvalue weighted by molar-refractivity contribution is 6.54. The molecule has 7 heteroatoms. The summed E-state index contributed by atoms with van der Waals surface area (Å²) in [6, 6.07) is 5.39. The monoisotopic (exact) mass is 371 g/mol. The second kappa shape index (κ2) is 8.58. The lowest BCUT2D eigenvalue weighted by atomic mass is 10.1. The first-order valence-corrected chi connectivity index (χ1v) is 9.08. The van der Waals surface area contributed by atoms with E-state index >= 15 is 0 Å². The van der Waals surface area contributed by atoms with Crippen LogP contribution in [0.3, 0.4) is 0 Å². The van der Waals surface area contributed by atoms with E-state index in [9.17, 15) is 9.59 Å². The number of hydrogen-bond acceptors (Lipinski definition) is 3. The number of nitrogens with zero attached hydrogens (tertiary/aromatic N) is 1. The van der Waals surface area contributed by atoms with Gasteiger partial charge < -0.3 is 15.5 Å². The quantitative estimate of drug-likeness (QED) is 0.751. The molecule has 1 aromatic rings. The second-order valence-electron chi connectivity index (χ2n) is 6.00. The Bertz CT molecular complexity index is 601. The summed E-state index contributed by atoms with van der Waals surface area (Å²) < 4.78 is 0. The molecule has 0 spiro atoms. The van der Waals surface area contributed by atoms with Crippen LogP contribution in [0.15, 0.2) is 18.2 Å². The van der Waals surface area contributed by atoms with E-state index in [-0.39, 0.29) is 11.9 Å². The topological polar surface area (TPSA) is 61.4 Å². The van der Waals surface area contributed by atoms with E-state index in [4.69, 9.17) is 23.2 Å². The molecule has 1 saturated heterocycles. The van der Waals surface area contributed by atoms with Crippen LogP contribution in [0.5, 0.6) is 0 Å². The molecule has 132 valence electrons. The van der Waals surface area contributed by atoms with Crippen LogP contribution in [0, 0.1) is 0 Å². The number of amides is 2. The molecular formula is C17H23Cl2N3O2. The van der Waals surface area contributed by atoms with Crippen LogP contribution in [0.25, 0.3) is 0 Å². The number of carbonyl (C=O) groups is 2. The first-order valence-electron chi connectivity index (χ1n) is 8.21. The van der Waals surface area contributed by atoms with Crippen LogP contribution in [-0.2, 0) is 4.79 Å². The lowest BCUT2D eigenvalue weighted by molar-refractivity contribution is -0.114. The largest absolute Gasteiger partial charge is 0.371 e. The van der Waals surface area contributed by atoms with E-state index in [0.717, 1.165) is 38.0 Å². The molecular weight excluding hydrogens is 349 g/mol. The fraction of sp³-hybridized carbons (Fsp3) is 0.529. The average molecular weight is 372 g/mol. The van der Waals surface area contributed by atoms with Crippen molar-refractivity contribution in [2.75, 3.05) is 23.3 Å². The predicted molar refractivity (Wildman–Crippen MR) is 99.2 cm³/mol. The first-order chi connectivity index (χ1) is 11.4. The summed E-state index contributed by atoms with van der Waals surface area (Å²) in [7, 11) is 0. The van der Waals surface area contributed by atoms with Gasteiger partial charge in [0.1, 0.15) is 0 Å². The Labute approximate surface area is 152 Å². The van der Waals surface area contributed by atoms with Crippen molar-refractivity contribution >= 4 is 46.4 Å². The second-order valence-corrected chi connectivity index (χ2v) is 7.10. The highest BCUT2D eigenvalue weighted by atomic mass is 35.5. The number of nitrogens with one attached hydrogen (secondary N) is 2. The molecule has 0 bridgehead atoms. The molecule has 0 saturated carbocycles. The molecule has 1 atom stereocenters. The van der Waals surface area contributed by atoms with Crippen LogP contribution in [-0.4, -0.2) is 35.8 Å². The van der Waals surface area contributed by atoms with Crippen molar-refractivity contribution in [3.05, 3.63) is 23.8 Å². The third-order valence-electron chi connectivity index (χ3n) is 4.14. The van der Waals surface area contributed by atoms with Gasteiger partial charge in [-0.15, -0.1) is 0 Å². The molecule has 0 radical (unpaired) electrons. The van der Waals surface area contributed by atoms with Gasteiger partial charge in [-0.1, -0.05) is 30.1 Å². The Balaban J connectivity index is 2.30. The molecule has 1 fully saturated rings. The zero-order chi connectivity index (χ0) is 17.7. The molecule has 1 aromatic carbocycles. The molecule has 2 rings (SSSR count). The van der Waals surface area contributed by atoms with Crippen LogP contribution in [0.2, 0.25) is 0 Å². The maximum absolute atomic E-state index is 12.7. The van der Waals surface area contributed by atoms with Gasteiger partial charge in [0.2, 0.25) is 0 Å². The van der Waals surface area contributed by atoms with Crippen molar-refractivity contribution < 1.29 is 9.59 Å². The summed E-state index contributed by atoms with van der Waals surface area (Å²) in [5, 5.41) is 5.60. The maximum atomic E-state index is 12.7.